The van der Waals surface area contributed by atoms with E-state index in [1.54, 1.807) is 0 Å². The van der Waals surface area contributed by atoms with Gasteiger partial charge in [-0.05, 0) is 99.2 Å². The Bertz CT molecular complexity index is 660. The monoisotopic (exact) mass is 428 g/mol. The minimum absolute atomic E-state index is 0.278. The summed E-state index contributed by atoms with van der Waals surface area (Å²) in [5.41, 5.74) is -0.650. The molecule has 0 atom stereocenters. The molecule has 2 aliphatic carbocycles. The van der Waals surface area contributed by atoms with Gasteiger partial charge in [0.25, 0.3) is 6.43 Å². The van der Waals surface area contributed by atoms with Gasteiger partial charge in [-0.25, -0.2) is 17.6 Å². The van der Waals surface area contributed by atoms with Crippen LogP contribution in [0.15, 0.2) is 24.3 Å². The summed E-state index contributed by atoms with van der Waals surface area (Å²) >= 11 is 0. The molecule has 3 rings (SSSR count). The predicted molar refractivity (Wildman–Crippen MR) is 110 cm³/mol. The lowest BCUT2D eigenvalue weighted by Gasteiger charge is -2.37. The van der Waals surface area contributed by atoms with Crippen molar-refractivity contribution in [2.24, 2.45) is 23.7 Å². The Hall–Kier alpha value is -1.39. The number of benzene rings is 1. The van der Waals surface area contributed by atoms with Gasteiger partial charge in [0, 0.05) is 0 Å². The van der Waals surface area contributed by atoms with Crippen molar-refractivity contribution in [2.75, 3.05) is 6.67 Å². The van der Waals surface area contributed by atoms with E-state index in [1.165, 1.54) is 38.5 Å². The highest BCUT2D eigenvalue weighted by atomic mass is 19.3. The van der Waals surface area contributed by atoms with Crippen LogP contribution in [0, 0.1) is 35.3 Å². The molecule has 0 aliphatic heterocycles. The van der Waals surface area contributed by atoms with Crippen LogP contribution in [0.1, 0.15) is 81.8 Å². The molecular weight excluding hydrogens is 395 g/mol. The van der Waals surface area contributed by atoms with Gasteiger partial charge < -0.3 is 0 Å². The molecule has 0 bridgehead atoms. The summed E-state index contributed by atoms with van der Waals surface area (Å²) in [6.45, 7) is -0.278. The Morgan fingerprint density at radius 1 is 0.867 bits per heavy atom. The maximum absolute atomic E-state index is 13.8. The molecule has 0 spiro atoms. The quantitative estimate of drug-likeness (QED) is 0.288. The first-order valence-electron chi connectivity index (χ1n) is 11.5. The second-order valence-electron chi connectivity index (χ2n) is 9.17. The Balaban J connectivity index is 1.40. The average molecular weight is 429 g/mol. The van der Waals surface area contributed by atoms with E-state index in [2.05, 4.69) is 6.08 Å². The van der Waals surface area contributed by atoms with Crippen LogP contribution >= 0.6 is 0 Å². The molecule has 0 nitrogen and oxygen atoms in total. The van der Waals surface area contributed by atoms with Crippen LogP contribution < -0.4 is 0 Å². The van der Waals surface area contributed by atoms with Crippen LogP contribution in [-0.4, -0.2) is 6.67 Å². The van der Waals surface area contributed by atoms with Crippen molar-refractivity contribution in [3.63, 3.8) is 0 Å². The van der Waals surface area contributed by atoms with Crippen molar-refractivity contribution in [3.8, 4) is 0 Å². The van der Waals surface area contributed by atoms with Gasteiger partial charge in [-0.3, -0.25) is 4.39 Å². The molecule has 0 aromatic heterocycles. The Morgan fingerprint density at radius 2 is 1.43 bits per heavy atom. The van der Waals surface area contributed by atoms with Gasteiger partial charge in [-0.2, -0.15) is 0 Å². The number of aryl methyl sites for hydroxylation is 1. The van der Waals surface area contributed by atoms with Crippen LogP contribution in [0.5, 0.6) is 0 Å². The molecule has 2 saturated carbocycles. The van der Waals surface area contributed by atoms with E-state index in [4.69, 9.17) is 0 Å². The molecule has 1 aromatic rings. The number of halogens is 5. The van der Waals surface area contributed by atoms with Crippen molar-refractivity contribution in [1.29, 1.82) is 0 Å². The highest BCUT2D eigenvalue weighted by molar-refractivity contribution is 5.27. The molecule has 0 N–H and O–H groups in total. The topological polar surface area (TPSA) is 0 Å². The van der Waals surface area contributed by atoms with Crippen LogP contribution in [0.25, 0.3) is 0 Å². The van der Waals surface area contributed by atoms with Crippen LogP contribution in [0.2, 0.25) is 0 Å². The highest BCUT2D eigenvalue weighted by Crippen LogP contribution is 2.42. The fourth-order valence-corrected chi connectivity index (χ4v) is 5.47. The molecular formula is C25H33F5. The largest absolute Gasteiger partial charge is 0.269 e. The summed E-state index contributed by atoms with van der Waals surface area (Å²) in [4.78, 5) is 0. The minimum atomic E-state index is -3.13. The van der Waals surface area contributed by atoms with E-state index >= 15 is 0 Å². The first-order valence-corrected chi connectivity index (χ1v) is 11.5. The van der Waals surface area contributed by atoms with Crippen LogP contribution in [-0.2, 0) is 6.42 Å². The van der Waals surface area contributed by atoms with Crippen molar-refractivity contribution >= 4 is 0 Å². The maximum atomic E-state index is 13.8. The first-order chi connectivity index (χ1) is 14.5. The van der Waals surface area contributed by atoms with Gasteiger partial charge in [0.05, 0.1) is 12.2 Å². The lowest BCUT2D eigenvalue weighted by Crippen LogP contribution is -2.25. The van der Waals surface area contributed by atoms with Gasteiger partial charge in [-0.1, -0.05) is 25.0 Å². The number of alkyl halides is 3. The first kappa shape index (κ1) is 23.3. The fourth-order valence-electron chi connectivity index (χ4n) is 5.47. The summed E-state index contributed by atoms with van der Waals surface area (Å²) in [5, 5.41) is 0. The Labute approximate surface area is 176 Å². The fraction of sp³-hybridized carbons (Fsp3) is 0.680. The molecule has 0 saturated heterocycles. The van der Waals surface area contributed by atoms with E-state index in [-0.39, 0.29) is 6.67 Å². The Kier molecular flexibility index (Phi) is 8.76. The van der Waals surface area contributed by atoms with Gasteiger partial charge >= 0.3 is 0 Å². The van der Waals surface area contributed by atoms with Crippen molar-refractivity contribution in [3.05, 3.63) is 47.0 Å². The maximum Gasteiger partial charge on any atom is 0.269 e. The average Bonchev–Trinajstić information content (AvgIpc) is 2.73. The number of hydrogen-bond donors (Lipinski definition) is 0. The third kappa shape index (κ3) is 6.31. The third-order valence-corrected chi connectivity index (χ3v) is 7.26. The smallest absolute Gasteiger partial charge is 0.251 e. The molecule has 2 aliphatic rings. The van der Waals surface area contributed by atoms with E-state index < -0.39 is 23.6 Å². The molecule has 168 valence electrons. The zero-order chi connectivity index (χ0) is 21.5. The minimum Gasteiger partial charge on any atom is -0.251 e. The number of rotatable bonds is 8. The second kappa shape index (κ2) is 11.3. The van der Waals surface area contributed by atoms with Crippen LogP contribution in [0.4, 0.5) is 22.0 Å². The van der Waals surface area contributed by atoms with E-state index in [1.807, 2.05) is 6.08 Å². The van der Waals surface area contributed by atoms with E-state index in [9.17, 15) is 22.0 Å². The van der Waals surface area contributed by atoms with Crippen molar-refractivity contribution in [2.45, 2.75) is 77.1 Å². The number of hydrogen-bond acceptors (Lipinski definition) is 0. The SMILES string of the molecule is FCC/C=C/[C@H]1CC[C@H](C2CCC(CCc3cc(F)c(C(F)F)c(F)c3)CC2)CC1. The molecule has 2 fully saturated rings. The number of allylic oxidation sites excluding steroid dienone is 2. The van der Waals surface area contributed by atoms with Gasteiger partial charge in [-0.15, -0.1) is 0 Å². The second-order valence-corrected chi connectivity index (χ2v) is 9.17. The predicted octanol–water partition coefficient (Wildman–Crippen LogP) is 8.36. The van der Waals surface area contributed by atoms with Gasteiger partial charge in [0.2, 0.25) is 0 Å². The van der Waals surface area contributed by atoms with E-state index in [0.717, 1.165) is 43.2 Å². The molecule has 30 heavy (non-hydrogen) atoms. The summed E-state index contributed by atoms with van der Waals surface area (Å²) in [5.74, 6) is 0.445. The van der Waals surface area contributed by atoms with Crippen molar-refractivity contribution < 1.29 is 22.0 Å². The van der Waals surface area contributed by atoms with Gasteiger partial charge in [0.1, 0.15) is 11.6 Å². The molecule has 1 aromatic carbocycles. The summed E-state index contributed by atoms with van der Waals surface area (Å²) in [6, 6.07) is 2.13. The van der Waals surface area contributed by atoms with Gasteiger partial charge in [0.15, 0.2) is 0 Å². The zero-order valence-corrected chi connectivity index (χ0v) is 17.6. The summed E-state index contributed by atoms with van der Waals surface area (Å²) < 4.78 is 65.1. The summed E-state index contributed by atoms with van der Waals surface area (Å²) in [7, 11) is 0. The third-order valence-electron chi connectivity index (χ3n) is 7.26. The molecule has 0 amide bonds. The normalized spacial score (nSPS) is 27.8. The zero-order valence-electron chi connectivity index (χ0n) is 17.6. The van der Waals surface area contributed by atoms with Crippen LogP contribution in [0.3, 0.4) is 0 Å². The van der Waals surface area contributed by atoms with E-state index in [0.29, 0.717) is 30.2 Å². The molecule has 5 heteroatoms. The molecule has 0 radical (unpaired) electrons. The Morgan fingerprint density at radius 3 is 1.97 bits per heavy atom. The van der Waals surface area contributed by atoms with Crippen molar-refractivity contribution in [1.82, 2.24) is 0 Å². The lowest BCUT2D eigenvalue weighted by atomic mass is 9.68. The standard InChI is InChI=1S/C25H33F5/c26-14-2-1-3-17-6-10-20(11-7-17)21-12-8-18(9-13-21)4-5-19-15-22(27)24(25(29)30)23(28)16-19/h1,3,15-18,20-21,25H,2,4-14H2/b3-1+/t17-,18?,20-,21?. The highest BCUT2D eigenvalue weighted by Gasteiger charge is 2.30. The molecule has 0 unspecified atom stereocenters. The lowest BCUT2D eigenvalue weighted by molar-refractivity contribution is 0.141. The summed E-state index contributed by atoms with van der Waals surface area (Å²) in [6.07, 6.45) is 12.6. The molecule has 0 heterocycles.